The van der Waals surface area contributed by atoms with E-state index in [4.69, 9.17) is 0 Å². The third-order valence-corrected chi connectivity index (χ3v) is 4.97. The van der Waals surface area contributed by atoms with E-state index in [1.807, 2.05) is 0 Å². The van der Waals surface area contributed by atoms with Gasteiger partial charge in [0.2, 0.25) is 10.0 Å². The second-order valence-corrected chi connectivity index (χ2v) is 6.80. The lowest BCUT2D eigenvalue weighted by molar-refractivity contribution is -0.177. The van der Waals surface area contributed by atoms with Gasteiger partial charge in [0.1, 0.15) is 6.04 Å². The van der Waals surface area contributed by atoms with Crippen LogP contribution in [-0.2, 0) is 10.0 Å². The van der Waals surface area contributed by atoms with Gasteiger partial charge in [0.05, 0.1) is 5.75 Å². The number of sulfonamides is 1. The average molecular weight is 273 g/mol. The smallest absolute Gasteiger partial charge is 0.212 e. The molecule has 3 nitrogen and oxygen atoms in total. The predicted octanol–water partition coefficient (Wildman–Crippen LogP) is 2.39. The SMILES string of the molecule is CC(C)CS(=O)(=O)N1CCCCC1C(F)(F)F. The van der Waals surface area contributed by atoms with Gasteiger partial charge in [-0.25, -0.2) is 8.42 Å². The maximum absolute atomic E-state index is 12.8. The van der Waals surface area contributed by atoms with Crippen LogP contribution in [0.4, 0.5) is 13.2 Å². The summed E-state index contributed by atoms with van der Waals surface area (Å²) in [6.07, 6.45) is -3.66. The highest BCUT2D eigenvalue weighted by Crippen LogP contribution is 2.33. The van der Waals surface area contributed by atoms with Crippen LogP contribution in [0.15, 0.2) is 0 Å². The van der Waals surface area contributed by atoms with Crippen LogP contribution in [0.25, 0.3) is 0 Å². The molecule has 0 aromatic rings. The van der Waals surface area contributed by atoms with Gasteiger partial charge in [0.15, 0.2) is 0 Å². The van der Waals surface area contributed by atoms with Gasteiger partial charge >= 0.3 is 6.18 Å². The minimum atomic E-state index is -4.47. The number of piperidine rings is 1. The predicted molar refractivity (Wildman–Crippen MR) is 59.0 cm³/mol. The van der Waals surface area contributed by atoms with Crippen LogP contribution in [-0.4, -0.2) is 37.2 Å². The van der Waals surface area contributed by atoms with Crippen molar-refractivity contribution in [3.63, 3.8) is 0 Å². The van der Waals surface area contributed by atoms with E-state index < -0.39 is 22.2 Å². The number of rotatable bonds is 3. The number of hydrogen-bond donors (Lipinski definition) is 0. The van der Waals surface area contributed by atoms with E-state index in [1.54, 1.807) is 13.8 Å². The van der Waals surface area contributed by atoms with E-state index in [1.165, 1.54) is 0 Å². The van der Waals surface area contributed by atoms with Gasteiger partial charge in [-0.3, -0.25) is 0 Å². The molecule has 0 aromatic carbocycles. The molecule has 1 heterocycles. The molecule has 0 N–H and O–H groups in total. The van der Waals surface area contributed by atoms with Gasteiger partial charge in [-0.2, -0.15) is 17.5 Å². The highest BCUT2D eigenvalue weighted by molar-refractivity contribution is 7.89. The van der Waals surface area contributed by atoms with Gasteiger partial charge in [0.25, 0.3) is 0 Å². The summed E-state index contributed by atoms with van der Waals surface area (Å²) in [6.45, 7) is 3.35. The lowest BCUT2D eigenvalue weighted by Crippen LogP contribution is -2.52. The van der Waals surface area contributed by atoms with E-state index >= 15 is 0 Å². The topological polar surface area (TPSA) is 37.4 Å². The Labute approximate surface area is 100 Å². The third-order valence-electron chi connectivity index (χ3n) is 2.73. The van der Waals surface area contributed by atoms with Crippen molar-refractivity contribution in [3.8, 4) is 0 Å². The minimum Gasteiger partial charge on any atom is -0.212 e. The maximum Gasteiger partial charge on any atom is 0.405 e. The monoisotopic (exact) mass is 273 g/mol. The summed E-state index contributed by atoms with van der Waals surface area (Å²) in [4.78, 5) is 0. The molecular formula is C10H18F3NO2S. The zero-order valence-corrected chi connectivity index (χ0v) is 10.8. The zero-order valence-electron chi connectivity index (χ0n) is 10.00. The molecule has 1 saturated heterocycles. The normalized spacial score (nSPS) is 24.2. The summed E-state index contributed by atoms with van der Waals surface area (Å²) in [6, 6.07) is -1.83. The Balaban J connectivity index is 2.92. The summed E-state index contributed by atoms with van der Waals surface area (Å²) in [5.41, 5.74) is 0. The van der Waals surface area contributed by atoms with Crippen molar-refractivity contribution in [1.82, 2.24) is 4.31 Å². The van der Waals surface area contributed by atoms with Crippen molar-refractivity contribution in [2.24, 2.45) is 5.92 Å². The standard InChI is InChI=1S/C10H18F3NO2S/c1-8(2)7-17(15,16)14-6-4-3-5-9(14)10(11,12)13/h8-9H,3-7H2,1-2H3. The molecule has 0 bridgehead atoms. The first-order valence-electron chi connectivity index (χ1n) is 5.71. The number of halogens is 3. The molecule has 1 rings (SSSR count). The molecule has 7 heteroatoms. The van der Waals surface area contributed by atoms with Gasteiger partial charge in [-0.15, -0.1) is 0 Å². The van der Waals surface area contributed by atoms with Crippen molar-refractivity contribution in [1.29, 1.82) is 0 Å². The fourth-order valence-corrected chi connectivity index (χ4v) is 4.14. The second-order valence-electron chi connectivity index (χ2n) is 4.84. The van der Waals surface area contributed by atoms with Gasteiger partial charge in [0, 0.05) is 6.54 Å². The molecule has 0 spiro atoms. The van der Waals surface area contributed by atoms with Crippen molar-refractivity contribution < 1.29 is 21.6 Å². The minimum absolute atomic E-state index is 0.0147. The summed E-state index contributed by atoms with van der Waals surface area (Å²) >= 11 is 0. The second kappa shape index (κ2) is 5.14. The van der Waals surface area contributed by atoms with Crippen LogP contribution >= 0.6 is 0 Å². The molecule has 1 aliphatic heterocycles. The Bertz CT molecular complexity index is 351. The lowest BCUT2D eigenvalue weighted by atomic mass is 10.0. The average Bonchev–Trinajstić information content (AvgIpc) is 2.14. The number of nitrogens with zero attached hydrogens (tertiary/aromatic N) is 1. The Morgan fingerprint density at radius 2 is 1.88 bits per heavy atom. The summed E-state index contributed by atoms with van der Waals surface area (Å²) in [7, 11) is -3.80. The Kier molecular flexibility index (Phi) is 4.46. The van der Waals surface area contributed by atoms with Crippen LogP contribution < -0.4 is 0 Å². The summed E-state index contributed by atoms with van der Waals surface area (Å²) in [5.74, 6) is -0.393. The zero-order chi connectivity index (χ0) is 13.3. The first-order valence-corrected chi connectivity index (χ1v) is 7.31. The van der Waals surface area contributed by atoms with Crippen LogP contribution in [0, 0.1) is 5.92 Å². The van der Waals surface area contributed by atoms with Crippen LogP contribution in [0.1, 0.15) is 33.1 Å². The Hall–Kier alpha value is -0.300. The molecule has 1 aliphatic rings. The highest BCUT2D eigenvalue weighted by Gasteiger charge is 2.48. The molecule has 0 aromatic heterocycles. The largest absolute Gasteiger partial charge is 0.405 e. The van der Waals surface area contributed by atoms with Crippen molar-refractivity contribution in [2.45, 2.75) is 45.3 Å². The number of hydrogen-bond acceptors (Lipinski definition) is 2. The van der Waals surface area contributed by atoms with Crippen molar-refractivity contribution >= 4 is 10.0 Å². The first-order chi connectivity index (χ1) is 7.64. The maximum atomic E-state index is 12.8. The van der Waals surface area contributed by atoms with Crippen LogP contribution in [0.3, 0.4) is 0 Å². The van der Waals surface area contributed by atoms with Gasteiger partial charge in [-0.05, 0) is 18.8 Å². The fraction of sp³-hybridized carbons (Fsp3) is 1.00. The van der Waals surface area contributed by atoms with Crippen LogP contribution in [0.2, 0.25) is 0 Å². The first kappa shape index (κ1) is 14.8. The van der Waals surface area contributed by atoms with Crippen molar-refractivity contribution in [3.05, 3.63) is 0 Å². The molecule has 0 radical (unpaired) electrons. The van der Waals surface area contributed by atoms with Gasteiger partial charge in [-0.1, -0.05) is 20.3 Å². The number of alkyl halides is 3. The molecule has 0 aliphatic carbocycles. The van der Waals surface area contributed by atoms with Crippen molar-refractivity contribution in [2.75, 3.05) is 12.3 Å². The fourth-order valence-electron chi connectivity index (χ4n) is 2.08. The van der Waals surface area contributed by atoms with E-state index in [-0.39, 0.29) is 24.6 Å². The highest BCUT2D eigenvalue weighted by atomic mass is 32.2. The molecule has 1 fully saturated rings. The van der Waals surface area contributed by atoms with E-state index in [0.717, 1.165) is 0 Å². The molecule has 1 atom stereocenters. The molecule has 0 saturated carbocycles. The molecule has 17 heavy (non-hydrogen) atoms. The van der Waals surface area contributed by atoms with E-state index in [2.05, 4.69) is 0 Å². The molecular weight excluding hydrogens is 255 g/mol. The summed E-state index contributed by atoms with van der Waals surface area (Å²) in [5, 5.41) is 0. The van der Waals surface area contributed by atoms with Crippen LogP contribution in [0.5, 0.6) is 0 Å². The Morgan fingerprint density at radius 3 is 2.35 bits per heavy atom. The quantitative estimate of drug-likeness (QED) is 0.791. The Morgan fingerprint density at radius 1 is 1.29 bits per heavy atom. The molecule has 102 valence electrons. The lowest BCUT2D eigenvalue weighted by Gasteiger charge is -2.36. The summed E-state index contributed by atoms with van der Waals surface area (Å²) < 4.78 is 62.7. The molecule has 0 amide bonds. The third kappa shape index (κ3) is 3.84. The van der Waals surface area contributed by atoms with E-state index in [9.17, 15) is 21.6 Å². The van der Waals surface area contributed by atoms with E-state index in [0.29, 0.717) is 17.1 Å². The molecule has 1 unspecified atom stereocenters. The van der Waals surface area contributed by atoms with Gasteiger partial charge < -0.3 is 0 Å².